The molecule has 7 nitrogen and oxygen atoms in total. The quantitative estimate of drug-likeness (QED) is 0.280. The van der Waals surface area contributed by atoms with Crippen LogP contribution in [0.1, 0.15) is 59.4 Å². The number of benzene rings is 3. The minimum atomic E-state index is -3.70. The number of aryl methyl sites for hydroxylation is 4. The Kier molecular flexibility index (Phi) is 8.38. The number of hydrogen-bond donors (Lipinski definition) is 1. The molecule has 40 heavy (non-hydrogen) atoms. The summed E-state index contributed by atoms with van der Waals surface area (Å²) < 4.78 is 29.4. The number of fused-ring (bicyclic) bond motifs is 1. The Balaban J connectivity index is 1.40. The third-order valence-corrected chi connectivity index (χ3v) is 8.87. The first-order valence-corrected chi connectivity index (χ1v) is 15.2. The standard InChI is InChI=1S/C32H34N4O3S/c1-3-24-9-15-29(16-10-24)40(38,39)35-31-17-13-26-12-14-28(19-30(26)31)36(22-27-21-33-23(2)20-34-27)32(37)18-11-25-7-5-4-6-8-25/h4-10,12,14-16,19-21,31,35H,3,11,13,17-18,22H2,1-2H3. The van der Waals surface area contributed by atoms with Crippen molar-refractivity contribution < 1.29 is 13.2 Å². The fourth-order valence-corrected chi connectivity index (χ4v) is 6.31. The molecule has 1 heterocycles. The molecule has 4 aromatic rings. The summed E-state index contributed by atoms with van der Waals surface area (Å²) in [6.45, 7) is 4.19. The predicted molar refractivity (Wildman–Crippen MR) is 156 cm³/mol. The number of nitrogens with zero attached hydrogens (tertiary/aromatic N) is 3. The minimum Gasteiger partial charge on any atom is -0.306 e. The number of carbonyl (C=O) groups is 1. The molecule has 0 spiro atoms. The Morgan fingerprint density at radius 1 is 0.975 bits per heavy atom. The van der Waals surface area contributed by atoms with E-state index >= 15 is 0 Å². The van der Waals surface area contributed by atoms with E-state index < -0.39 is 10.0 Å². The highest BCUT2D eigenvalue weighted by Gasteiger charge is 2.29. The van der Waals surface area contributed by atoms with Crippen molar-refractivity contribution in [2.45, 2.75) is 63.4 Å². The molecule has 8 heteroatoms. The molecule has 1 unspecified atom stereocenters. The highest BCUT2D eigenvalue weighted by molar-refractivity contribution is 7.89. The molecule has 1 atom stereocenters. The van der Waals surface area contributed by atoms with Gasteiger partial charge in [-0.15, -0.1) is 0 Å². The Bertz CT molecular complexity index is 1570. The summed E-state index contributed by atoms with van der Waals surface area (Å²) in [5, 5.41) is 0. The van der Waals surface area contributed by atoms with Crippen molar-refractivity contribution in [1.29, 1.82) is 0 Å². The summed E-state index contributed by atoms with van der Waals surface area (Å²) >= 11 is 0. The van der Waals surface area contributed by atoms with E-state index in [0.29, 0.717) is 25.0 Å². The zero-order chi connectivity index (χ0) is 28.1. The molecule has 0 radical (unpaired) electrons. The van der Waals surface area contributed by atoms with Gasteiger partial charge in [0.05, 0.1) is 29.0 Å². The van der Waals surface area contributed by atoms with E-state index in [4.69, 9.17) is 0 Å². The molecule has 1 aromatic heterocycles. The lowest BCUT2D eigenvalue weighted by atomic mass is 10.1. The third kappa shape index (κ3) is 6.46. The molecule has 1 aliphatic rings. The fourth-order valence-electron chi connectivity index (χ4n) is 5.06. The number of sulfonamides is 1. The van der Waals surface area contributed by atoms with Crippen LogP contribution in [-0.2, 0) is 40.6 Å². The normalized spacial score (nSPS) is 14.6. The van der Waals surface area contributed by atoms with Crippen LogP contribution in [0.15, 0.2) is 90.1 Å². The number of anilines is 1. The molecule has 206 valence electrons. The second-order valence-electron chi connectivity index (χ2n) is 10.2. The Labute approximate surface area is 236 Å². The van der Waals surface area contributed by atoms with Gasteiger partial charge in [0.15, 0.2) is 0 Å². The highest BCUT2D eigenvalue weighted by atomic mass is 32.2. The Morgan fingerprint density at radius 2 is 1.75 bits per heavy atom. The lowest BCUT2D eigenvalue weighted by Gasteiger charge is -2.24. The Hall–Kier alpha value is -3.88. The molecule has 0 aliphatic heterocycles. The van der Waals surface area contributed by atoms with Gasteiger partial charge in [-0.25, -0.2) is 13.1 Å². The van der Waals surface area contributed by atoms with Crippen LogP contribution in [0.25, 0.3) is 0 Å². The first-order chi connectivity index (χ1) is 19.3. The summed E-state index contributed by atoms with van der Waals surface area (Å²) in [5.41, 5.74) is 6.39. The van der Waals surface area contributed by atoms with Gasteiger partial charge in [0.25, 0.3) is 0 Å². The van der Waals surface area contributed by atoms with E-state index in [1.165, 1.54) is 0 Å². The van der Waals surface area contributed by atoms with Crippen molar-refractivity contribution in [1.82, 2.24) is 14.7 Å². The van der Waals surface area contributed by atoms with Crippen LogP contribution in [0.4, 0.5) is 5.69 Å². The molecule has 1 amide bonds. The van der Waals surface area contributed by atoms with Crippen LogP contribution >= 0.6 is 0 Å². The fraction of sp³-hybridized carbons (Fsp3) is 0.281. The second-order valence-corrected chi connectivity index (χ2v) is 11.9. The van der Waals surface area contributed by atoms with Gasteiger partial charge in [0, 0.05) is 24.3 Å². The maximum Gasteiger partial charge on any atom is 0.241 e. The maximum atomic E-state index is 13.6. The van der Waals surface area contributed by atoms with Crippen LogP contribution in [0, 0.1) is 6.92 Å². The molecule has 0 fully saturated rings. The van der Waals surface area contributed by atoms with Crippen LogP contribution in [0.2, 0.25) is 0 Å². The molecule has 3 aromatic carbocycles. The van der Waals surface area contributed by atoms with Gasteiger partial charge in [-0.2, -0.15) is 0 Å². The van der Waals surface area contributed by atoms with Crippen LogP contribution < -0.4 is 9.62 Å². The van der Waals surface area contributed by atoms with E-state index in [1.807, 2.05) is 74.5 Å². The van der Waals surface area contributed by atoms with E-state index in [-0.39, 0.29) is 23.4 Å². The van der Waals surface area contributed by atoms with Gasteiger partial charge in [0.2, 0.25) is 15.9 Å². The monoisotopic (exact) mass is 554 g/mol. The van der Waals surface area contributed by atoms with Gasteiger partial charge >= 0.3 is 0 Å². The topological polar surface area (TPSA) is 92.3 Å². The lowest BCUT2D eigenvalue weighted by Crippen LogP contribution is -2.31. The zero-order valence-electron chi connectivity index (χ0n) is 22.9. The number of nitrogens with one attached hydrogen (secondary N) is 1. The van der Waals surface area contributed by atoms with Crippen LogP contribution in [0.5, 0.6) is 0 Å². The minimum absolute atomic E-state index is 0.0303. The summed E-state index contributed by atoms with van der Waals surface area (Å²) in [5.74, 6) is -0.0303. The van der Waals surface area contributed by atoms with Gasteiger partial charge < -0.3 is 4.90 Å². The summed E-state index contributed by atoms with van der Waals surface area (Å²) in [6.07, 6.45) is 6.63. The van der Waals surface area contributed by atoms with Crippen molar-refractivity contribution in [3.05, 3.63) is 119 Å². The van der Waals surface area contributed by atoms with Crippen molar-refractivity contribution >= 4 is 21.6 Å². The highest BCUT2D eigenvalue weighted by Crippen LogP contribution is 2.35. The molecule has 0 bridgehead atoms. The molecule has 0 saturated heterocycles. The smallest absolute Gasteiger partial charge is 0.241 e. The van der Waals surface area contributed by atoms with Gasteiger partial charge in [-0.3, -0.25) is 14.8 Å². The van der Waals surface area contributed by atoms with Crippen molar-refractivity contribution in [2.24, 2.45) is 0 Å². The summed E-state index contributed by atoms with van der Waals surface area (Å²) in [7, 11) is -3.70. The SMILES string of the molecule is CCc1ccc(S(=O)(=O)NC2CCc3ccc(N(Cc4cnc(C)cn4)C(=O)CCc4ccccc4)cc32)cc1. The Morgan fingerprint density at radius 3 is 2.45 bits per heavy atom. The number of aromatic nitrogens is 2. The van der Waals surface area contributed by atoms with Crippen molar-refractivity contribution in [2.75, 3.05) is 4.90 Å². The van der Waals surface area contributed by atoms with E-state index in [9.17, 15) is 13.2 Å². The first kappa shape index (κ1) is 27.7. The van der Waals surface area contributed by atoms with Crippen LogP contribution in [-0.4, -0.2) is 24.3 Å². The lowest BCUT2D eigenvalue weighted by molar-refractivity contribution is -0.118. The van der Waals surface area contributed by atoms with Gasteiger partial charge in [-0.05, 0) is 79.1 Å². The zero-order valence-corrected chi connectivity index (χ0v) is 23.7. The van der Waals surface area contributed by atoms with E-state index in [0.717, 1.165) is 46.5 Å². The van der Waals surface area contributed by atoms with E-state index in [2.05, 4.69) is 14.7 Å². The first-order valence-electron chi connectivity index (χ1n) is 13.7. The summed E-state index contributed by atoms with van der Waals surface area (Å²) in [4.78, 5) is 24.4. The number of rotatable bonds is 10. The van der Waals surface area contributed by atoms with Gasteiger partial charge in [0.1, 0.15) is 0 Å². The summed E-state index contributed by atoms with van der Waals surface area (Å²) in [6, 6.07) is 22.5. The molecule has 1 aliphatic carbocycles. The average Bonchev–Trinajstić information content (AvgIpc) is 3.37. The third-order valence-electron chi connectivity index (χ3n) is 7.38. The van der Waals surface area contributed by atoms with Crippen molar-refractivity contribution in [3.8, 4) is 0 Å². The van der Waals surface area contributed by atoms with Crippen molar-refractivity contribution in [3.63, 3.8) is 0 Å². The van der Waals surface area contributed by atoms with Gasteiger partial charge in [-0.1, -0.05) is 55.5 Å². The molecule has 0 saturated carbocycles. The average molecular weight is 555 g/mol. The number of carbonyl (C=O) groups excluding carboxylic acids is 1. The van der Waals surface area contributed by atoms with Crippen LogP contribution in [0.3, 0.4) is 0 Å². The molecule has 5 rings (SSSR count). The second kappa shape index (κ2) is 12.1. The molecular weight excluding hydrogens is 520 g/mol. The largest absolute Gasteiger partial charge is 0.306 e. The molecular formula is C32H34N4O3S. The van der Waals surface area contributed by atoms with E-state index in [1.54, 1.807) is 29.4 Å². The number of amides is 1. The maximum absolute atomic E-state index is 13.6. The number of hydrogen-bond acceptors (Lipinski definition) is 5. The predicted octanol–water partition coefficient (Wildman–Crippen LogP) is 5.48. The molecule has 1 N–H and O–H groups in total.